The molecule has 2 rings (SSSR count). The third-order valence-electron chi connectivity index (χ3n) is 2.28. The first kappa shape index (κ1) is 9.85. The maximum absolute atomic E-state index is 5.68. The van der Waals surface area contributed by atoms with Gasteiger partial charge in [0.05, 0.1) is 6.33 Å². The zero-order valence-corrected chi connectivity index (χ0v) is 8.43. The number of nitrogen functional groups attached to an aromatic ring is 1. The second-order valence-electron chi connectivity index (χ2n) is 3.36. The van der Waals surface area contributed by atoms with Gasteiger partial charge in [-0.3, -0.25) is 0 Å². The van der Waals surface area contributed by atoms with Crippen molar-refractivity contribution in [3.05, 3.63) is 12.7 Å². The first-order chi connectivity index (χ1) is 7.33. The second kappa shape index (κ2) is 4.22. The predicted molar refractivity (Wildman–Crippen MR) is 58.0 cm³/mol. The molecule has 0 saturated heterocycles. The van der Waals surface area contributed by atoms with Gasteiger partial charge in [-0.1, -0.05) is 0 Å². The molecule has 0 amide bonds. The molecule has 0 atom stereocenters. The van der Waals surface area contributed by atoms with Crippen molar-refractivity contribution in [2.75, 3.05) is 12.3 Å². The fourth-order valence-electron chi connectivity index (χ4n) is 1.49. The van der Waals surface area contributed by atoms with Crippen LogP contribution in [0.5, 0.6) is 0 Å². The largest absolute Gasteiger partial charge is 0.382 e. The molecule has 0 aliphatic heterocycles. The number of nitrogens with two attached hydrogens (primary N) is 2. The number of nitrogens with zero attached hydrogens (tertiary/aromatic N) is 4. The second-order valence-corrected chi connectivity index (χ2v) is 3.36. The Morgan fingerprint density at radius 1 is 1.20 bits per heavy atom. The summed E-state index contributed by atoms with van der Waals surface area (Å²) in [5, 5.41) is 0. The molecule has 0 fully saturated rings. The van der Waals surface area contributed by atoms with Crippen LogP contribution in [0.4, 0.5) is 5.82 Å². The Kier molecular flexibility index (Phi) is 2.77. The molecule has 2 aromatic rings. The van der Waals surface area contributed by atoms with Crippen molar-refractivity contribution in [1.29, 1.82) is 0 Å². The van der Waals surface area contributed by atoms with E-state index in [1.54, 1.807) is 6.33 Å². The summed E-state index contributed by atoms with van der Waals surface area (Å²) in [5.41, 5.74) is 12.6. The highest BCUT2D eigenvalue weighted by Crippen LogP contribution is 2.14. The van der Waals surface area contributed by atoms with Crippen molar-refractivity contribution in [2.45, 2.75) is 19.4 Å². The smallest absolute Gasteiger partial charge is 0.165 e. The number of aryl methyl sites for hydroxylation is 1. The van der Waals surface area contributed by atoms with Crippen LogP contribution in [0.1, 0.15) is 12.8 Å². The summed E-state index contributed by atoms with van der Waals surface area (Å²) in [4.78, 5) is 12.2. The molecular formula is C9H14N6. The van der Waals surface area contributed by atoms with Gasteiger partial charge in [-0.15, -0.1) is 0 Å². The number of aromatic nitrogens is 4. The monoisotopic (exact) mass is 206 g/mol. The zero-order chi connectivity index (χ0) is 10.7. The quantitative estimate of drug-likeness (QED) is 0.694. The molecule has 0 radical (unpaired) electrons. The van der Waals surface area contributed by atoms with Crippen molar-refractivity contribution in [2.24, 2.45) is 5.73 Å². The van der Waals surface area contributed by atoms with E-state index in [-0.39, 0.29) is 0 Å². The molecule has 15 heavy (non-hydrogen) atoms. The Morgan fingerprint density at radius 3 is 2.87 bits per heavy atom. The fraction of sp³-hybridized carbons (Fsp3) is 0.444. The maximum atomic E-state index is 5.68. The van der Waals surface area contributed by atoms with Crippen molar-refractivity contribution >= 4 is 17.0 Å². The Morgan fingerprint density at radius 2 is 2.07 bits per heavy atom. The van der Waals surface area contributed by atoms with Gasteiger partial charge in [0.1, 0.15) is 11.8 Å². The van der Waals surface area contributed by atoms with E-state index in [0.717, 1.165) is 25.0 Å². The normalized spacial score (nSPS) is 11.0. The summed E-state index contributed by atoms with van der Waals surface area (Å²) in [6.45, 7) is 1.58. The van der Waals surface area contributed by atoms with E-state index in [1.807, 2.05) is 4.57 Å². The highest BCUT2D eigenvalue weighted by molar-refractivity contribution is 5.80. The molecule has 80 valence electrons. The zero-order valence-electron chi connectivity index (χ0n) is 8.43. The van der Waals surface area contributed by atoms with Crippen molar-refractivity contribution in [3.8, 4) is 0 Å². The van der Waals surface area contributed by atoms with E-state index in [0.29, 0.717) is 17.9 Å². The molecule has 0 bridgehead atoms. The van der Waals surface area contributed by atoms with E-state index in [2.05, 4.69) is 15.0 Å². The van der Waals surface area contributed by atoms with Crippen LogP contribution >= 0.6 is 0 Å². The number of hydrogen-bond acceptors (Lipinski definition) is 5. The molecule has 0 aliphatic carbocycles. The van der Waals surface area contributed by atoms with Gasteiger partial charge in [-0.05, 0) is 19.4 Å². The van der Waals surface area contributed by atoms with Gasteiger partial charge in [-0.2, -0.15) is 0 Å². The molecule has 0 spiro atoms. The highest BCUT2D eigenvalue weighted by atomic mass is 15.1. The Balaban J connectivity index is 2.25. The number of imidazole rings is 1. The van der Waals surface area contributed by atoms with Gasteiger partial charge in [-0.25, -0.2) is 15.0 Å². The molecule has 0 unspecified atom stereocenters. The maximum Gasteiger partial charge on any atom is 0.165 e. The van der Waals surface area contributed by atoms with Crippen LogP contribution in [0.2, 0.25) is 0 Å². The lowest BCUT2D eigenvalue weighted by atomic mass is 10.3. The minimum Gasteiger partial charge on any atom is -0.382 e. The van der Waals surface area contributed by atoms with Gasteiger partial charge < -0.3 is 16.0 Å². The van der Waals surface area contributed by atoms with Crippen LogP contribution in [-0.2, 0) is 6.54 Å². The van der Waals surface area contributed by atoms with E-state index >= 15 is 0 Å². The fourth-order valence-corrected chi connectivity index (χ4v) is 1.49. The average molecular weight is 206 g/mol. The van der Waals surface area contributed by atoms with Crippen LogP contribution in [0.15, 0.2) is 12.7 Å². The van der Waals surface area contributed by atoms with E-state index < -0.39 is 0 Å². The summed E-state index contributed by atoms with van der Waals surface area (Å²) in [7, 11) is 0. The van der Waals surface area contributed by atoms with E-state index in [9.17, 15) is 0 Å². The lowest BCUT2D eigenvalue weighted by Gasteiger charge is -2.02. The number of unbranched alkanes of at least 4 members (excludes halogenated alkanes) is 1. The summed E-state index contributed by atoms with van der Waals surface area (Å²) < 4.78 is 1.98. The van der Waals surface area contributed by atoms with Gasteiger partial charge in [0.25, 0.3) is 0 Å². The SMILES string of the molecule is NCCCCn1cnc2c(N)ncnc21. The predicted octanol–water partition coefficient (Wildman–Crippen LogP) is 0.147. The average Bonchev–Trinajstić information content (AvgIpc) is 2.64. The highest BCUT2D eigenvalue weighted by Gasteiger charge is 2.06. The summed E-state index contributed by atoms with van der Waals surface area (Å²) >= 11 is 0. The molecule has 0 aromatic carbocycles. The lowest BCUT2D eigenvalue weighted by molar-refractivity contribution is 0.623. The van der Waals surface area contributed by atoms with Crippen LogP contribution in [-0.4, -0.2) is 26.1 Å². The van der Waals surface area contributed by atoms with Gasteiger partial charge >= 0.3 is 0 Å². The lowest BCUT2D eigenvalue weighted by Crippen LogP contribution is -2.03. The Bertz CT molecular complexity index is 449. The van der Waals surface area contributed by atoms with Crippen molar-refractivity contribution < 1.29 is 0 Å². The molecule has 4 N–H and O–H groups in total. The van der Waals surface area contributed by atoms with Crippen LogP contribution in [0.25, 0.3) is 11.2 Å². The Labute approximate surface area is 87.3 Å². The minimum atomic E-state index is 0.428. The molecular weight excluding hydrogens is 192 g/mol. The summed E-state index contributed by atoms with van der Waals surface area (Å²) in [6.07, 6.45) is 5.22. The molecule has 0 saturated carbocycles. The third kappa shape index (κ3) is 1.89. The van der Waals surface area contributed by atoms with Gasteiger partial charge in [0.2, 0.25) is 0 Å². The minimum absolute atomic E-state index is 0.428. The van der Waals surface area contributed by atoms with Crippen LogP contribution in [0.3, 0.4) is 0 Å². The van der Waals surface area contributed by atoms with E-state index in [4.69, 9.17) is 11.5 Å². The molecule has 2 aromatic heterocycles. The first-order valence-corrected chi connectivity index (χ1v) is 4.94. The van der Waals surface area contributed by atoms with Crippen molar-refractivity contribution in [3.63, 3.8) is 0 Å². The standard InChI is InChI=1S/C9H14N6/c10-3-1-2-4-15-6-14-7-8(11)12-5-13-9(7)15/h5-6H,1-4,10H2,(H2,11,12,13). The number of rotatable bonds is 4. The first-order valence-electron chi connectivity index (χ1n) is 4.94. The topological polar surface area (TPSA) is 95.6 Å². The number of anilines is 1. The van der Waals surface area contributed by atoms with Crippen molar-refractivity contribution in [1.82, 2.24) is 19.5 Å². The van der Waals surface area contributed by atoms with Crippen LogP contribution < -0.4 is 11.5 Å². The molecule has 2 heterocycles. The summed E-state index contributed by atoms with van der Waals surface area (Å²) in [6, 6.07) is 0. The molecule has 6 nitrogen and oxygen atoms in total. The third-order valence-corrected chi connectivity index (χ3v) is 2.28. The van der Waals surface area contributed by atoms with Gasteiger partial charge in [0, 0.05) is 6.54 Å². The molecule has 0 aliphatic rings. The number of fused-ring (bicyclic) bond motifs is 1. The van der Waals surface area contributed by atoms with Gasteiger partial charge in [0.15, 0.2) is 11.5 Å². The number of hydrogen-bond donors (Lipinski definition) is 2. The molecule has 6 heteroatoms. The summed E-state index contributed by atoms with van der Waals surface area (Å²) in [5.74, 6) is 0.428. The van der Waals surface area contributed by atoms with Crippen LogP contribution in [0, 0.1) is 0 Å². The van der Waals surface area contributed by atoms with E-state index in [1.165, 1.54) is 6.33 Å². The Hall–Kier alpha value is -1.69.